The van der Waals surface area contributed by atoms with Gasteiger partial charge in [0.05, 0.1) is 5.83 Å². The van der Waals surface area contributed by atoms with E-state index in [9.17, 15) is 4.39 Å². The molecule has 0 radical (unpaired) electrons. The lowest BCUT2D eigenvalue weighted by atomic mass is 10.1. The van der Waals surface area contributed by atoms with Gasteiger partial charge >= 0.3 is 0 Å². The van der Waals surface area contributed by atoms with E-state index in [1.165, 1.54) is 0 Å². The van der Waals surface area contributed by atoms with E-state index in [2.05, 4.69) is 11.6 Å². The van der Waals surface area contributed by atoms with E-state index >= 15 is 0 Å². The first-order chi connectivity index (χ1) is 7.25. The molecule has 0 amide bonds. The van der Waals surface area contributed by atoms with E-state index in [-0.39, 0.29) is 5.83 Å². The summed E-state index contributed by atoms with van der Waals surface area (Å²) >= 11 is 1.55. The van der Waals surface area contributed by atoms with Crippen molar-refractivity contribution in [3.8, 4) is 11.1 Å². The second-order valence-corrected chi connectivity index (χ2v) is 4.23. The van der Waals surface area contributed by atoms with Crippen molar-refractivity contribution >= 4 is 11.3 Å². The highest BCUT2D eigenvalue weighted by molar-refractivity contribution is 7.10. The summed E-state index contributed by atoms with van der Waals surface area (Å²) in [5, 5.41) is 2.02. The number of halogens is 1. The van der Waals surface area contributed by atoms with Crippen molar-refractivity contribution < 1.29 is 4.39 Å². The van der Waals surface area contributed by atoms with Crippen LogP contribution in [-0.2, 0) is 6.42 Å². The Morgan fingerprint density at radius 2 is 2.07 bits per heavy atom. The van der Waals surface area contributed by atoms with Crippen molar-refractivity contribution in [2.75, 3.05) is 0 Å². The Morgan fingerprint density at radius 3 is 2.73 bits per heavy atom. The molecule has 0 aromatic carbocycles. The molecule has 2 heterocycles. The summed E-state index contributed by atoms with van der Waals surface area (Å²) in [7, 11) is 0. The molecule has 3 heteroatoms. The number of pyridine rings is 1. The lowest BCUT2D eigenvalue weighted by Crippen LogP contribution is -1.78. The first-order valence-corrected chi connectivity index (χ1v) is 5.45. The molecular formula is C12H10FNS. The molecule has 0 spiro atoms. The zero-order valence-corrected chi connectivity index (χ0v) is 8.93. The van der Waals surface area contributed by atoms with Gasteiger partial charge < -0.3 is 0 Å². The van der Waals surface area contributed by atoms with Crippen LogP contribution in [0.2, 0.25) is 0 Å². The quantitative estimate of drug-likeness (QED) is 0.764. The summed E-state index contributed by atoms with van der Waals surface area (Å²) in [6.45, 7) is 3.26. The number of thiophene rings is 1. The van der Waals surface area contributed by atoms with Crippen LogP contribution in [0.5, 0.6) is 0 Å². The number of hydrogen-bond donors (Lipinski definition) is 0. The van der Waals surface area contributed by atoms with Crippen LogP contribution >= 0.6 is 11.3 Å². The molecule has 0 atom stereocenters. The average molecular weight is 219 g/mol. The summed E-state index contributed by atoms with van der Waals surface area (Å²) in [5.74, 6) is -0.293. The van der Waals surface area contributed by atoms with Gasteiger partial charge in [0.25, 0.3) is 0 Å². The first kappa shape index (κ1) is 10.1. The number of aromatic nitrogens is 1. The number of hydrogen-bond acceptors (Lipinski definition) is 2. The Hall–Kier alpha value is -1.48. The van der Waals surface area contributed by atoms with E-state index < -0.39 is 0 Å². The lowest BCUT2D eigenvalue weighted by molar-refractivity contribution is 0.619. The average Bonchev–Trinajstić information content (AvgIpc) is 2.67. The minimum atomic E-state index is -0.293. The van der Waals surface area contributed by atoms with E-state index in [1.54, 1.807) is 23.7 Å². The fourth-order valence-electron chi connectivity index (χ4n) is 1.36. The van der Waals surface area contributed by atoms with Gasteiger partial charge in [-0.25, -0.2) is 4.39 Å². The molecule has 0 fully saturated rings. The predicted octanol–water partition coefficient (Wildman–Crippen LogP) is 3.84. The van der Waals surface area contributed by atoms with Crippen LogP contribution in [0.1, 0.15) is 4.88 Å². The normalized spacial score (nSPS) is 10.2. The molecule has 0 aliphatic rings. The fraction of sp³-hybridized carbons (Fsp3) is 0.0833. The van der Waals surface area contributed by atoms with E-state index in [0.717, 1.165) is 16.0 Å². The molecule has 0 unspecified atom stereocenters. The molecule has 2 aromatic heterocycles. The molecule has 2 aromatic rings. The first-order valence-electron chi connectivity index (χ1n) is 4.57. The molecular weight excluding hydrogens is 209 g/mol. The Labute approximate surface area is 91.9 Å². The molecule has 0 saturated carbocycles. The van der Waals surface area contributed by atoms with Crippen molar-refractivity contribution in [3.63, 3.8) is 0 Å². The van der Waals surface area contributed by atoms with Crippen LogP contribution in [0.3, 0.4) is 0 Å². The Morgan fingerprint density at radius 1 is 1.33 bits per heavy atom. The van der Waals surface area contributed by atoms with Crippen LogP contribution in [-0.4, -0.2) is 4.98 Å². The van der Waals surface area contributed by atoms with Crippen molar-refractivity contribution in [2.45, 2.75) is 6.42 Å². The van der Waals surface area contributed by atoms with Crippen molar-refractivity contribution in [2.24, 2.45) is 0 Å². The second-order valence-electron chi connectivity index (χ2n) is 3.23. The maximum Gasteiger partial charge on any atom is 0.0980 e. The molecule has 0 aliphatic carbocycles. The maximum absolute atomic E-state index is 12.6. The van der Waals surface area contributed by atoms with Crippen LogP contribution < -0.4 is 0 Å². The maximum atomic E-state index is 12.6. The van der Waals surface area contributed by atoms with Crippen molar-refractivity contribution in [3.05, 3.63) is 53.3 Å². The third kappa shape index (κ3) is 2.50. The van der Waals surface area contributed by atoms with Crippen molar-refractivity contribution in [1.82, 2.24) is 4.98 Å². The third-order valence-corrected chi connectivity index (χ3v) is 2.97. The summed E-state index contributed by atoms with van der Waals surface area (Å²) in [5.41, 5.74) is 2.22. The van der Waals surface area contributed by atoms with Gasteiger partial charge in [-0.3, -0.25) is 4.98 Å². The van der Waals surface area contributed by atoms with Gasteiger partial charge in [0, 0.05) is 23.7 Å². The van der Waals surface area contributed by atoms with Crippen LogP contribution in [0.25, 0.3) is 11.1 Å². The number of allylic oxidation sites excluding steroid dienone is 1. The van der Waals surface area contributed by atoms with Gasteiger partial charge in [-0.2, -0.15) is 0 Å². The highest BCUT2D eigenvalue weighted by Crippen LogP contribution is 2.26. The zero-order chi connectivity index (χ0) is 10.7. The minimum absolute atomic E-state index is 0.293. The summed E-state index contributed by atoms with van der Waals surface area (Å²) in [6, 6.07) is 5.87. The van der Waals surface area contributed by atoms with Gasteiger partial charge in [0.2, 0.25) is 0 Å². The number of rotatable bonds is 3. The van der Waals surface area contributed by atoms with Gasteiger partial charge in [-0.15, -0.1) is 11.3 Å². The monoisotopic (exact) mass is 219 g/mol. The van der Waals surface area contributed by atoms with Gasteiger partial charge in [-0.05, 0) is 34.7 Å². The number of nitrogens with zero attached hydrogens (tertiary/aromatic N) is 1. The molecule has 2 rings (SSSR count). The molecule has 0 aliphatic heterocycles. The zero-order valence-electron chi connectivity index (χ0n) is 8.11. The molecule has 15 heavy (non-hydrogen) atoms. The SMILES string of the molecule is C=C(F)Cc1cc(-c2ccncc2)cs1. The summed E-state index contributed by atoms with van der Waals surface area (Å²) in [6.07, 6.45) is 3.82. The molecule has 1 nitrogen and oxygen atoms in total. The highest BCUT2D eigenvalue weighted by Gasteiger charge is 2.03. The highest BCUT2D eigenvalue weighted by atomic mass is 32.1. The smallest absolute Gasteiger partial charge is 0.0980 e. The van der Waals surface area contributed by atoms with E-state index in [1.807, 2.05) is 23.6 Å². The van der Waals surface area contributed by atoms with Crippen LogP contribution in [0.4, 0.5) is 4.39 Å². The Balaban J connectivity index is 2.24. The third-order valence-electron chi connectivity index (χ3n) is 2.03. The van der Waals surface area contributed by atoms with Gasteiger partial charge in [0.15, 0.2) is 0 Å². The lowest BCUT2D eigenvalue weighted by Gasteiger charge is -1.94. The molecule has 0 bridgehead atoms. The van der Waals surface area contributed by atoms with Crippen molar-refractivity contribution in [1.29, 1.82) is 0 Å². The predicted molar refractivity (Wildman–Crippen MR) is 61.5 cm³/mol. The topological polar surface area (TPSA) is 12.9 Å². The molecule has 76 valence electrons. The fourth-order valence-corrected chi connectivity index (χ4v) is 2.28. The van der Waals surface area contributed by atoms with E-state index in [4.69, 9.17) is 0 Å². The second kappa shape index (κ2) is 4.36. The van der Waals surface area contributed by atoms with Gasteiger partial charge in [-0.1, -0.05) is 6.58 Å². The summed E-state index contributed by atoms with van der Waals surface area (Å²) in [4.78, 5) is 4.95. The standard InChI is InChI=1S/C12H10FNS/c1-9(13)6-12-7-11(8-15-12)10-2-4-14-5-3-10/h2-5,7-8H,1,6H2. The Bertz CT molecular complexity index is 461. The molecule has 0 N–H and O–H groups in total. The Kier molecular flexibility index (Phi) is 2.92. The van der Waals surface area contributed by atoms with Crippen LogP contribution in [0, 0.1) is 0 Å². The minimum Gasteiger partial charge on any atom is -0.265 e. The van der Waals surface area contributed by atoms with Gasteiger partial charge in [0.1, 0.15) is 0 Å². The summed E-state index contributed by atoms with van der Waals surface area (Å²) < 4.78 is 12.6. The molecule has 0 saturated heterocycles. The largest absolute Gasteiger partial charge is 0.265 e. The van der Waals surface area contributed by atoms with E-state index in [0.29, 0.717) is 6.42 Å². The van der Waals surface area contributed by atoms with Crippen LogP contribution in [0.15, 0.2) is 48.4 Å².